The summed E-state index contributed by atoms with van der Waals surface area (Å²) >= 11 is 1.78. The van der Waals surface area contributed by atoms with E-state index in [2.05, 4.69) is 23.8 Å². The Morgan fingerprint density at radius 2 is 2.47 bits per heavy atom. The van der Waals surface area contributed by atoms with E-state index in [0.717, 1.165) is 19.4 Å². The van der Waals surface area contributed by atoms with Crippen LogP contribution in [0, 0.1) is 6.92 Å². The maximum Gasteiger partial charge on any atom is 0.0575 e. The van der Waals surface area contributed by atoms with Crippen molar-refractivity contribution in [3.05, 3.63) is 21.9 Å². The van der Waals surface area contributed by atoms with E-state index in [1.807, 2.05) is 0 Å². The second kappa shape index (κ2) is 6.50. The normalized spacial score (nSPS) is 22.6. The number of rotatable bonds is 5. The molecule has 1 aromatic rings. The topological polar surface area (TPSA) is 47.3 Å². The summed E-state index contributed by atoms with van der Waals surface area (Å²) in [6.45, 7) is 3.09. The first-order chi connectivity index (χ1) is 8.31. The lowest BCUT2D eigenvalue weighted by Crippen LogP contribution is -2.29. The first kappa shape index (κ1) is 13.0. The highest BCUT2D eigenvalue weighted by Crippen LogP contribution is 2.27. The molecular formula is C13H22N2OS. The fourth-order valence-corrected chi connectivity index (χ4v) is 3.24. The molecule has 2 rings (SSSR count). The Labute approximate surface area is 107 Å². The number of hydrazine groups is 1. The fourth-order valence-electron chi connectivity index (χ4n) is 2.47. The van der Waals surface area contributed by atoms with E-state index in [0.29, 0.717) is 6.10 Å². The van der Waals surface area contributed by atoms with Crippen molar-refractivity contribution in [2.75, 3.05) is 6.61 Å². The van der Waals surface area contributed by atoms with Gasteiger partial charge in [-0.15, -0.1) is 11.3 Å². The molecule has 3 nitrogen and oxygen atoms in total. The van der Waals surface area contributed by atoms with E-state index >= 15 is 0 Å². The average molecular weight is 254 g/mol. The lowest BCUT2D eigenvalue weighted by molar-refractivity contribution is 0.00854. The number of thiophene rings is 1. The highest BCUT2D eigenvalue weighted by atomic mass is 32.1. The van der Waals surface area contributed by atoms with E-state index in [1.165, 1.54) is 29.7 Å². The number of nitrogens with one attached hydrogen (secondary N) is 1. The lowest BCUT2D eigenvalue weighted by Gasteiger charge is -2.24. The van der Waals surface area contributed by atoms with Crippen molar-refractivity contribution in [3.63, 3.8) is 0 Å². The van der Waals surface area contributed by atoms with Gasteiger partial charge in [-0.1, -0.05) is 0 Å². The predicted octanol–water partition coefficient (Wildman–Crippen LogP) is 2.91. The quantitative estimate of drug-likeness (QED) is 0.627. The van der Waals surface area contributed by atoms with Gasteiger partial charge in [0.2, 0.25) is 0 Å². The minimum absolute atomic E-state index is 0.270. The van der Waals surface area contributed by atoms with Gasteiger partial charge in [0.1, 0.15) is 0 Å². The summed E-state index contributed by atoms with van der Waals surface area (Å²) in [4.78, 5) is 1.36. The molecule has 0 spiro atoms. The van der Waals surface area contributed by atoms with E-state index in [9.17, 15) is 0 Å². The van der Waals surface area contributed by atoms with Crippen LogP contribution in [0.2, 0.25) is 0 Å². The standard InChI is InChI=1S/C13H22N2OS/c1-10-12(7-9-17-10)13(15-14)6-5-11-4-2-3-8-16-11/h7,9,11,13,15H,2-6,8,14H2,1H3. The van der Waals surface area contributed by atoms with E-state index < -0.39 is 0 Å². The molecule has 1 fully saturated rings. The van der Waals surface area contributed by atoms with Crippen LogP contribution in [0.3, 0.4) is 0 Å². The van der Waals surface area contributed by atoms with Crippen molar-refractivity contribution in [2.45, 2.75) is 51.2 Å². The van der Waals surface area contributed by atoms with Crippen LogP contribution in [0.15, 0.2) is 11.4 Å². The fraction of sp³-hybridized carbons (Fsp3) is 0.692. The number of ether oxygens (including phenoxy) is 1. The molecule has 0 radical (unpaired) electrons. The summed E-state index contributed by atoms with van der Waals surface area (Å²) in [6, 6.07) is 2.44. The summed E-state index contributed by atoms with van der Waals surface area (Å²) in [6.07, 6.45) is 6.34. The van der Waals surface area contributed by atoms with Crippen molar-refractivity contribution in [1.29, 1.82) is 0 Å². The van der Waals surface area contributed by atoms with Crippen LogP contribution in [0.25, 0.3) is 0 Å². The first-order valence-electron chi connectivity index (χ1n) is 6.43. The van der Waals surface area contributed by atoms with Crippen LogP contribution < -0.4 is 11.3 Å². The molecule has 2 unspecified atom stereocenters. The molecule has 2 atom stereocenters. The molecular weight excluding hydrogens is 232 g/mol. The maximum atomic E-state index is 5.75. The van der Waals surface area contributed by atoms with Gasteiger partial charge in [-0.25, -0.2) is 0 Å². The van der Waals surface area contributed by atoms with Crippen LogP contribution >= 0.6 is 11.3 Å². The van der Waals surface area contributed by atoms with Crippen LogP contribution in [-0.2, 0) is 4.74 Å². The third-order valence-electron chi connectivity index (χ3n) is 3.53. The Balaban J connectivity index is 1.85. The molecule has 0 bridgehead atoms. The molecule has 2 heterocycles. The van der Waals surface area contributed by atoms with Crippen LogP contribution in [-0.4, -0.2) is 12.7 Å². The van der Waals surface area contributed by atoms with E-state index in [1.54, 1.807) is 11.3 Å². The zero-order chi connectivity index (χ0) is 12.1. The molecule has 0 amide bonds. The Bertz CT molecular complexity index is 334. The van der Waals surface area contributed by atoms with Gasteiger partial charge in [0.05, 0.1) is 6.10 Å². The Morgan fingerprint density at radius 1 is 1.59 bits per heavy atom. The molecule has 0 aliphatic carbocycles. The third kappa shape index (κ3) is 3.52. The molecule has 96 valence electrons. The molecule has 17 heavy (non-hydrogen) atoms. The Morgan fingerprint density at radius 3 is 3.06 bits per heavy atom. The SMILES string of the molecule is Cc1sccc1C(CCC1CCCCO1)NN. The number of hydrogen-bond donors (Lipinski definition) is 2. The highest BCUT2D eigenvalue weighted by Gasteiger charge is 2.18. The largest absolute Gasteiger partial charge is 0.378 e. The van der Waals surface area contributed by atoms with Gasteiger partial charge >= 0.3 is 0 Å². The van der Waals surface area contributed by atoms with Crippen LogP contribution in [0.1, 0.15) is 48.6 Å². The summed E-state index contributed by atoms with van der Waals surface area (Å²) in [5.74, 6) is 5.66. The van der Waals surface area contributed by atoms with Gasteiger partial charge < -0.3 is 4.74 Å². The minimum Gasteiger partial charge on any atom is -0.378 e. The van der Waals surface area contributed by atoms with Gasteiger partial charge in [0, 0.05) is 17.5 Å². The van der Waals surface area contributed by atoms with E-state index in [-0.39, 0.29) is 6.04 Å². The molecule has 0 saturated carbocycles. The van der Waals surface area contributed by atoms with E-state index in [4.69, 9.17) is 10.6 Å². The third-order valence-corrected chi connectivity index (χ3v) is 4.39. The number of aryl methyl sites for hydroxylation is 1. The number of nitrogens with two attached hydrogens (primary N) is 1. The summed E-state index contributed by atoms with van der Waals surface area (Å²) in [5, 5.41) is 2.13. The average Bonchev–Trinajstić information content (AvgIpc) is 2.78. The molecule has 1 aliphatic heterocycles. The van der Waals surface area contributed by atoms with Crippen molar-refractivity contribution in [3.8, 4) is 0 Å². The van der Waals surface area contributed by atoms with Crippen molar-refractivity contribution >= 4 is 11.3 Å². The van der Waals surface area contributed by atoms with Gasteiger partial charge in [0.25, 0.3) is 0 Å². The van der Waals surface area contributed by atoms with Gasteiger partial charge in [-0.2, -0.15) is 0 Å². The van der Waals surface area contributed by atoms with Crippen LogP contribution in [0.5, 0.6) is 0 Å². The Hall–Kier alpha value is -0.420. The second-order valence-corrected chi connectivity index (χ2v) is 5.84. The smallest absolute Gasteiger partial charge is 0.0575 e. The van der Waals surface area contributed by atoms with Crippen molar-refractivity contribution < 1.29 is 4.74 Å². The summed E-state index contributed by atoms with van der Waals surface area (Å²) < 4.78 is 5.75. The molecule has 4 heteroatoms. The Kier molecular flexibility index (Phi) is 4.98. The van der Waals surface area contributed by atoms with Gasteiger partial charge in [-0.05, 0) is 56.0 Å². The molecule has 1 aromatic heterocycles. The van der Waals surface area contributed by atoms with Gasteiger partial charge in [-0.3, -0.25) is 11.3 Å². The highest BCUT2D eigenvalue weighted by molar-refractivity contribution is 7.10. The first-order valence-corrected chi connectivity index (χ1v) is 7.31. The molecule has 0 aromatic carbocycles. The van der Waals surface area contributed by atoms with Crippen LogP contribution in [0.4, 0.5) is 0 Å². The maximum absolute atomic E-state index is 5.75. The summed E-state index contributed by atoms with van der Waals surface area (Å²) in [5.41, 5.74) is 4.28. The van der Waals surface area contributed by atoms with Crippen molar-refractivity contribution in [2.24, 2.45) is 5.84 Å². The van der Waals surface area contributed by atoms with Crippen molar-refractivity contribution in [1.82, 2.24) is 5.43 Å². The molecule has 1 saturated heterocycles. The minimum atomic E-state index is 0.270. The second-order valence-electron chi connectivity index (χ2n) is 4.72. The monoisotopic (exact) mass is 254 g/mol. The summed E-state index contributed by atoms with van der Waals surface area (Å²) in [7, 11) is 0. The zero-order valence-electron chi connectivity index (χ0n) is 10.4. The predicted molar refractivity (Wildman–Crippen MR) is 71.9 cm³/mol. The number of hydrogen-bond acceptors (Lipinski definition) is 4. The van der Waals surface area contributed by atoms with Gasteiger partial charge in [0.15, 0.2) is 0 Å². The zero-order valence-corrected chi connectivity index (χ0v) is 11.3. The molecule has 3 N–H and O–H groups in total. The lowest BCUT2D eigenvalue weighted by atomic mass is 9.98. The molecule has 1 aliphatic rings.